The minimum Gasteiger partial charge on any atom is -0.207 e. The van der Waals surface area contributed by atoms with Crippen molar-refractivity contribution in [2.75, 3.05) is 11.5 Å². The van der Waals surface area contributed by atoms with Crippen LogP contribution in [0.15, 0.2) is 33.6 Å². The Hall–Kier alpha value is -0.550. The van der Waals surface area contributed by atoms with Crippen LogP contribution in [0.2, 0.25) is 0 Å². The molecule has 1 aromatic carbocycles. The zero-order valence-corrected chi connectivity index (χ0v) is 13.3. The van der Waals surface area contributed by atoms with Gasteiger partial charge in [-0.2, -0.15) is 21.7 Å². The highest BCUT2D eigenvalue weighted by molar-refractivity contribution is 9.10. The molecule has 0 bridgehead atoms. The van der Waals surface area contributed by atoms with Gasteiger partial charge in [0.2, 0.25) is 10.0 Å². The molecule has 0 saturated carbocycles. The zero-order valence-electron chi connectivity index (χ0n) is 10.1. The van der Waals surface area contributed by atoms with Gasteiger partial charge in [-0.1, -0.05) is 15.9 Å². The number of hydrogen-bond acceptors (Lipinski definition) is 4. The second-order valence-corrected chi connectivity index (χ2v) is 8.11. The first-order valence-electron chi connectivity index (χ1n) is 5.76. The Morgan fingerprint density at radius 1 is 1.37 bits per heavy atom. The van der Waals surface area contributed by atoms with Crippen molar-refractivity contribution in [2.45, 2.75) is 23.3 Å². The normalized spacial score (nSPS) is 23.8. The zero-order chi connectivity index (χ0) is 13.9. The quantitative estimate of drug-likeness (QED) is 0.898. The Labute approximate surface area is 125 Å². The summed E-state index contributed by atoms with van der Waals surface area (Å²) in [7, 11) is -3.65. The van der Waals surface area contributed by atoms with E-state index in [-0.39, 0.29) is 4.90 Å². The maximum Gasteiger partial charge on any atom is 0.241 e. The van der Waals surface area contributed by atoms with E-state index in [1.165, 1.54) is 12.1 Å². The lowest BCUT2D eigenvalue weighted by molar-refractivity contribution is 0.472. The number of nitrogens with zero attached hydrogens (tertiary/aromatic N) is 1. The lowest BCUT2D eigenvalue weighted by Gasteiger charge is -2.30. The average Bonchev–Trinajstić information content (AvgIpc) is 2.40. The van der Waals surface area contributed by atoms with E-state index in [9.17, 15) is 13.7 Å². The number of hydrogen-bond donors (Lipinski definition) is 1. The predicted octanol–water partition coefficient (Wildman–Crippen LogP) is 2.52. The van der Waals surface area contributed by atoms with Crippen molar-refractivity contribution < 1.29 is 8.42 Å². The molecule has 1 aliphatic rings. The van der Waals surface area contributed by atoms with Gasteiger partial charge in [-0.3, -0.25) is 0 Å². The number of halogens is 1. The fourth-order valence-electron chi connectivity index (χ4n) is 1.92. The summed E-state index contributed by atoms with van der Waals surface area (Å²) in [5, 5.41) is 9.30. The van der Waals surface area contributed by atoms with Crippen LogP contribution >= 0.6 is 27.7 Å². The van der Waals surface area contributed by atoms with Crippen molar-refractivity contribution in [1.82, 2.24) is 4.72 Å². The molecule has 0 spiro atoms. The van der Waals surface area contributed by atoms with Gasteiger partial charge in [-0.15, -0.1) is 0 Å². The standard InChI is InChI=1S/C12H13BrN2O2S2/c13-10-2-4-11(5-3-10)19(16,17)15-12(8-14)6-1-7-18-9-12/h2-5,15H,1,6-7,9H2/t12-/m1/s1. The smallest absolute Gasteiger partial charge is 0.207 e. The summed E-state index contributed by atoms with van der Waals surface area (Å²) in [5.74, 6) is 1.47. The van der Waals surface area contributed by atoms with Crippen LogP contribution in [-0.2, 0) is 10.0 Å². The van der Waals surface area contributed by atoms with E-state index < -0.39 is 15.6 Å². The molecule has 1 aliphatic heterocycles. The van der Waals surface area contributed by atoms with Crippen LogP contribution in [0.3, 0.4) is 0 Å². The molecule has 1 N–H and O–H groups in total. The molecular formula is C12H13BrN2O2S2. The first-order valence-corrected chi connectivity index (χ1v) is 9.19. The molecule has 1 atom stereocenters. The number of rotatable bonds is 3. The topological polar surface area (TPSA) is 70.0 Å². The molecule has 0 radical (unpaired) electrons. The molecule has 19 heavy (non-hydrogen) atoms. The molecule has 0 amide bonds. The van der Waals surface area contributed by atoms with Crippen LogP contribution < -0.4 is 4.72 Å². The summed E-state index contributed by atoms with van der Waals surface area (Å²) >= 11 is 4.87. The number of thioether (sulfide) groups is 1. The number of nitriles is 1. The lowest BCUT2D eigenvalue weighted by atomic mass is 9.99. The van der Waals surface area contributed by atoms with Gasteiger partial charge in [-0.05, 0) is 42.9 Å². The van der Waals surface area contributed by atoms with Gasteiger partial charge in [0.15, 0.2) is 0 Å². The molecule has 0 aromatic heterocycles. The van der Waals surface area contributed by atoms with Gasteiger partial charge in [0.05, 0.1) is 11.0 Å². The Morgan fingerprint density at radius 2 is 2.05 bits per heavy atom. The molecule has 0 unspecified atom stereocenters. The maximum atomic E-state index is 12.3. The fourth-order valence-corrected chi connectivity index (χ4v) is 4.74. The van der Waals surface area contributed by atoms with E-state index in [0.717, 1.165) is 16.6 Å². The number of sulfonamides is 1. The highest BCUT2D eigenvalue weighted by Gasteiger charge is 2.37. The van der Waals surface area contributed by atoms with Crippen LogP contribution in [0.1, 0.15) is 12.8 Å². The monoisotopic (exact) mass is 360 g/mol. The summed E-state index contributed by atoms with van der Waals surface area (Å²) < 4.78 is 28.0. The van der Waals surface area contributed by atoms with Gasteiger partial charge in [-0.25, -0.2) is 8.42 Å². The van der Waals surface area contributed by atoms with Crippen molar-refractivity contribution in [1.29, 1.82) is 5.26 Å². The van der Waals surface area contributed by atoms with Crippen LogP contribution in [0.4, 0.5) is 0 Å². The fraction of sp³-hybridized carbons (Fsp3) is 0.417. The van der Waals surface area contributed by atoms with Gasteiger partial charge >= 0.3 is 0 Å². The molecule has 1 fully saturated rings. The van der Waals surface area contributed by atoms with Gasteiger partial charge in [0, 0.05) is 10.2 Å². The van der Waals surface area contributed by atoms with E-state index in [1.54, 1.807) is 23.9 Å². The predicted molar refractivity (Wildman–Crippen MR) is 79.4 cm³/mol. The number of benzene rings is 1. The van der Waals surface area contributed by atoms with E-state index in [1.807, 2.05) is 0 Å². The van der Waals surface area contributed by atoms with Gasteiger partial charge in [0.25, 0.3) is 0 Å². The Morgan fingerprint density at radius 3 is 2.58 bits per heavy atom. The third kappa shape index (κ3) is 3.51. The highest BCUT2D eigenvalue weighted by atomic mass is 79.9. The van der Waals surface area contributed by atoms with Crippen LogP contribution in [0.25, 0.3) is 0 Å². The molecule has 1 heterocycles. The van der Waals surface area contributed by atoms with E-state index >= 15 is 0 Å². The molecule has 2 rings (SSSR count). The molecule has 102 valence electrons. The SMILES string of the molecule is N#C[C@]1(NS(=O)(=O)c2ccc(Br)cc2)CCCSC1. The summed E-state index contributed by atoms with van der Waals surface area (Å²) in [6, 6.07) is 8.52. The van der Waals surface area contributed by atoms with Crippen molar-refractivity contribution in [2.24, 2.45) is 0 Å². The third-order valence-corrected chi connectivity index (χ3v) is 6.26. The molecule has 7 heteroatoms. The number of nitrogens with one attached hydrogen (secondary N) is 1. The molecule has 1 aromatic rings. The Balaban J connectivity index is 2.25. The second kappa shape index (κ2) is 5.83. The van der Waals surface area contributed by atoms with Crippen LogP contribution in [0, 0.1) is 11.3 Å². The van der Waals surface area contributed by atoms with Crippen LogP contribution in [-0.4, -0.2) is 25.5 Å². The van der Waals surface area contributed by atoms with E-state index in [2.05, 4.69) is 26.7 Å². The lowest BCUT2D eigenvalue weighted by Crippen LogP contribution is -2.50. The Bertz CT molecular complexity index is 587. The average molecular weight is 361 g/mol. The first kappa shape index (κ1) is 14.9. The van der Waals surface area contributed by atoms with Crippen molar-refractivity contribution in [3.05, 3.63) is 28.7 Å². The van der Waals surface area contributed by atoms with Gasteiger partial charge in [0.1, 0.15) is 5.54 Å². The summed E-state index contributed by atoms with van der Waals surface area (Å²) in [6.45, 7) is 0. The van der Waals surface area contributed by atoms with E-state index in [4.69, 9.17) is 0 Å². The maximum absolute atomic E-state index is 12.3. The molecule has 0 aliphatic carbocycles. The van der Waals surface area contributed by atoms with Crippen molar-refractivity contribution in [3.63, 3.8) is 0 Å². The second-order valence-electron chi connectivity index (χ2n) is 4.41. The largest absolute Gasteiger partial charge is 0.241 e. The first-order chi connectivity index (χ1) is 8.97. The third-order valence-electron chi connectivity index (χ3n) is 2.91. The summed E-state index contributed by atoms with van der Waals surface area (Å²) in [4.78, 5) is 0.181. The van der Waals surface area contributed by atoms with Crippen molar-refractivity contribution in [3.8, 4) is 6.07 Å². The Kier molecular flexibility index (Phi) is 4.56. The van der Waals surface area contributed by atoms with E-state index in [0.29, 0.717) is 12.2 Å². The van der Waals surface area contributed by atoms with Gasteiger partial charge < -0.3 is 0 Å². The minimum atomic E-state index is -3.65. The minimum absolute atomic E-state index is 0.181. The molecule has 4 nitrogen and oxygen atoms in total. The summed E-state index contributed by atoms with van der Waals surface area (Å²) in [5.41, 5.74) is -0.977. The highest BCUT2D eigenvalue weighted by Crippen LogP contribution is 2.28. The molecule has 1 saturated heterocycles. The summed E-state index contributed by atoms with van der Waals surface area (Å²) in [6.07, 6.45) is 1.41. The van der Waals surface area contributed by atoms with Crippen molar-refractivity contribution >= 4 is 37.7 Å². The van der Waals surface area contributed by atoms with Crippen LogP contribution in [0.5, 0.6) is 0 Å². The molecular weight excluding hydrogens is 348 g/mol.